The van der Waals surface area contributed by atoms with Gasteiger partial charge >= 0.3 is 0 Å². The van der Waals surface area contributed by atoms with Crippen LogP contribution in [0.4, 0.5) is 0 Å². The van der Waals surface area contributed by atoms with Gasteiger partial charge in [0.2, 0.25) is 0 Å². The van der Waals surface area contributed by atoms with E-state index in [-0.39, 0.29) is 6.61 Å². The van der Waals surface area contributed by atoms with Gasteiger partial charge in [0.25, 0.3) is 0 Å². The molecular weight excluding hydrogens is 484 g/mol. The largest absolute Gasteiger partial charge is 0.488 e. The summed E-state index contributed by atoms with van der Waals surface area (Å²) in [6.07, 6.45) is 1.62. The molecule has 3 aromatic rings. The molecule has 0 heterocycles. The molecule has 0 unspecified atom stereocenters. The maximum absolute atomic E-state index is 9.07. The van der Waals surface area contributed by atoms with Crippen molar-refractivity contribution in [2.45, 2.75) is 13.2 Å². The van der Waals surface area contributed by atoms with Crippen molar-refractivity contribution in [3.8, 4) is 11.8 Å². The number of nitrogens with zero attached hydrogens (tertiary/aromatic N) is 2. The first-order valence-corrected chi connectivity index (χ1v) is 10.0. The lowest BCUT2D eigenvalue weighted by molar-refractivity contribution is 0.132. The van der Waals surface area contributed by atoms with Crippen molar-refractivity contribution >= 4 is 38.1 Å². The Hall–Kier alpha value is -2.62. The summed E-state index contributed by atoms with van der Waals surface area (Å²) in [6.45, 7) is 0.733. The zero-order valence-corrected chi connectivity index (χ0v) is 18.0. The highest BCUT2D eigenvalue weighted by atomic mass is 79.9. The summed E-state index contributed by atoms with van der Waals surface area (Å²) < 4.78 is 7.74. The van der Waals surface area contributed by atoms with Crippen molar-refractivity contribution in [3.05, 3.63) is 97.9 Å². The van der Waals surface area contributed by atoms with E-state index in [1.165, 1.54) is 0 Å². The van der Waals surface area contributed by atoms with Crippen LogP contribution >= 0.6 is 31.9 Å². The quantitative estimate of drug-likeness (QED) is 0.286. The van der Waals surface area contributed by atoms with Crippen LogP contribution in [0, 0.1) is 11.3 Å². The van der Waals surface area contributed by atoms with E-state index in [0.717, 1.165) is 31.4 Å². The summed E-state index contributed by atoms with van der Waals surface area (Å²) in [6, 6.07) is 23.1. The molecular formula is C22H16Br2N2O2. The number of hydrogen-bond donors (Lipinski definition) is 0. The molecule has 4 nitrogen and oxygen atoms in total. The summed E-state index contributed by atoms with van der Waals surface area (Å²) in [7, 11) is 0. The lowest BCUT2D eigenvalue weighted by Gasteiger charge is -2.09. The minimum Gasteiger partial charge on any atom is -0.488 e. The average molecular weight is 500 g/mol. The molecule has 0 aliphatic carbocycles. The smallest absolute Gasteiger partial charge is 0.143 e. The van der Waals surface area contributed by atoms with Gasteiger partial charge in [-0.25, -0.2) is 0 Å². The van der Waals surface area contributed by atoms with Crippen molar-refractivity contribution in [2.75, 3.05) is 0 Å². The van der Waals surface area contributed by atoms with Gasteiger partial charge in [-0.3, -0.25) is 0 Å². The molecule has 0 atom stereocenters. The molecule has 3 aromatic carbocycles. The van der Waals surface area contributed by atoms with Gasteiger partial charge < -0.3 is 9.57 Å². The Morgan fingerprint density at radius 2 is 1.75 bits per heavy atom. The van der Waals surface area contributed by atoms with E-state index in [4.69, 9.17) is 14.8 Å². The predicted octanol–water partition coefficient (Wildman–Crippen LogP) is 6.21. The van der Waals surface area contributed by atoms with Crippen LogP contribution in [0.1, 0.15) is 22.3 Å². The number of oxime groups is 1. The first kappa shape index (κ1) is 20.1. The van der Waals surface area contributed by atoms with Crippen molar-refractivity contribution in [2.24, 2.45) is 5.16 Å². The highest BCUT2D eigenvalue weighted by Gasteiger charge is 2.04. The van der Waals surface area contributed by atoms with E-state index in [0.29, 0.717) is 12.2 Å². The van der Waals surface area contributed by atoms with Crippen molar-refractivity contribution in [3.63, 3.8) is 0 Å². The molecule has 0 bridgehead atoms. The van der Waals surface area contributed by atoms with Crippen LogP contribution in [0.3, 0.4) is 0 Å². The Morgan fingerprint density at radius 1 is 0.964 bits per heavy atom. The van der Waals surface area contributed by atoms with Gasteiger partial charge in [0.05, 0.1) is 22.3 Å². The maximum Gasteiger partial charge on any atom is 0.143 e. The van der Waals surface area contributed by atoms with Gasteiger partial charge in [0, 0.05) is 10.0 Å². The Labute approximate surface area is 180 Å². The summed E-state index contributed by atoms with van der Waals surface area (Å²) in [5.41, 5.74) is 3.36. The molecule has 0 radical (unpaired) electrons. The number of benzene rings is 3. The highest BCUT2D eigenvalue weighted by molar-refractivity contribution is 9.10. The Morgan fingerprint density at radius 3 is 2.50 bits per heavy atom. The second-order valence-corrected chi connectivity index (χ2v) is 7.65. The molecule has 0 fully saturated rings. The molecule has 28 heavy (non-hydrogen) atoms. The second kappa shape index (κ2) is 10.1. The zero-order chi connectivity index (χ0) is 19.8. The maximum atomic E-state index is 9.07. The topological polar surface area (TPSA) is 54.6 Å². The molecule has 0 aliphatic heterocycles. The molecule has 0 spiro atoms. The van der Waals surface area contributed by atoms with Crippen LogP contribution in [-0.4, -0.2) is 6.21 Å². The molecule has 0 amide bonds. The van der Waals surface area contributed by atoms with Crippen LogP contribution in [0.2, 0.25) is 0 Å². The van der Waals surface area contributed by atoms with Crippen LogP contribution < -0.4 is 4.74 Å². The molecule has 0 aromatic heterocycles. The van der Waals surface area contributed by atoms with Crippen molar-refractivity contribution in [1.82, 2.24) is 0 Å². The molecule has 0 saturated carbocycles. The van der Waals surface area contributed by atoms with E-state index in [1.807, 2.05) is 60.7 Å². The van der Waals surface area contributed by atoms with Crippen molar-refractivity contribution in [1.29, 1.82) is 5.26 Å². The molecule has 0 saturated heterocycles. The van der Waals surface area contributed by atoms with Gasteiger partial charge in [-0.15, -0.1) is 0 Å². The fraction of sp³-hybridized carbons (Fsp3) is 0.0909. The fourth-order valence-electron chi connectivity index (χ4n) is 2.42. The van der Waals surface area contributed by atoms with Crippen LogP contribution in [-0.2, 0) is 18.1 Å². The number of nitriles is 1. The number of rotatable bonds is 7. The Kier molecular flexibility index (Phi) is 7.24. The van der Waals surface area contributed by atoms with Gasteiger partial charge in [0.15, 0.2) is 0 Å². The average Bonchev–Trinajstić information content (AvgIpc) is 2.72. The van der Waals surface area contributed by atoms with Crippen LogP contribution in [0.15, 0.2) is 80.8 Å². The molecule has 0 N–H and O–H groups in total. The van der Waals surface area contributed by atoms with Crippen LogP contribution in [0.25, 0.3) is 0 Å². The molecule has 0 aliphatic rings. The van der Waals surface area contributed by atoms with E-state index < -0.39 is 0 Å². The standard InChI is InChI=1S/C22H16Br2N2O2/c23-20-8-5-16(6-9-20)14-27-22-10-7-17(11-21(22)24)13-26-28-15-19-4-2-1-3-18(19)12-25/h1-11,13H,14-15H2/b26-13-. The first-order chi connectivity index (χ1) is 13.7. The minimum absolute atomic E-state index is 0.246. The third-order valence-corrected chi connectivity index (χ3v) is 5.05. The van der Waals surface area contributed by atoms with Crippen LogP contribution in [0.5, 0.6) is 5.75 Å². The predicted molar refractivity (Wildman–Crippen MR) is 116 cm³/mol. The fourth-order valence-corrected chi connectivity index (χ4v) is 3.19. The third-order valence-electron chi connectivity index (χ3n) is 3.90. The van der Waals surface area contributed by atoms with E-state index in [9.17, 15) is 0 Å². The Balaban J connectivity index is 1.55. The Bertz CT molecular complexity index is 1010. The highest BCUT2D eigenvalue weighted by Crippen LogP contribution is 2.26. The number of halogens is 2. The van der Waals surface area contributed by atoms with E-state index in [1.54, 1.807) is 12.3 Å². The summed E-state index contributed by atoms with van der Waals surface area (Å²) in [5, 5.41) is 13.1. The molecule has 3 rings (SSSR count). The lowest BCUT2D eigenvalue weighted by atomic mass is 10.1. The first-order valence-electron chi connectivity index (χ1n) is 8.46. The lowest BCUT2D eigenvalue weighted by Crippen LogP contribution is -1.96. The van der Waals surface area contributed by atoms with Gasteiger partial charge in [-0.05, 0) is 63.5 Å². The van der Waals surface area contributed by atoms with Gasteiger partial charge in [-0.1, -0.05) is 51.4 Å². The number of ether oxygens (including phenoxy) is 1. The molecule has 140 valence electrons. The monoisotopic (exact) mass is 498 g/mol. The van der Waals surface area contributed by atoms with Gasteiger partial charge in [0.1, 0.15) is 19.0 Å². The zero-order valence-electron chi connectivity index (χ0n) is 14.8. The minimum atomic E-state index is 0.246. The summed E-state index contributed by atoms with van der Waals surface area (Å²) >= 11 is 6.95. The van der Waals surface area contributed by atoms with Gasteiger partial charge in [-0.2, -0.15) is 5.26 Å². The summed E-state index contributed by atoms with van der Waals surface area (Å²) in [5.74, 6) is 0.754. The van der Waals surface area contributed by atoms with E-state index >= 15 is 0 Å². The van der Waals surface area contributed by atoms with Crippen molar-refractivity contribution < 1.29 is 9.57 Å². The number of hydrogen-bond acceptors (Lipinski definition) is 4. The third kappa shape index (κ3) is 5.69. The SMILES string of the molecule is N#Cc1ccccc1CO/N=C\c1ccc(OCc2ccc(Br)cc2)c(Br)c1. The second-order valence-electron chi connectivity index (χ2n) is 5.88. The van der Waals surface area contributed by atoms with E-state index in [2.05, 4.69) is 43.1 Å². The summed E-state index contributed by atoms with van der Waals surface area (Å²) in [4.78, 5) is 5.32. The normalized spacial score (nSPS) is 10.6. The molecule has 6 heteroatoms.